The molecule has 1 rings (SSSR count). The summed E-state index contributed by atoms with van der Waals surface area (Å²) in [6.07, 6.45) is 1.12. The number of rotatable bonds is 0. The fourth-order valence-corrected chi connectivity index (χ4v) is 0.450. The first-order chi connectivity index (χ1) is 5.43. The van der Waals surface area contributed by atoms with Crippen LogP contribution in [0.1, 0.15) is 9.68 Å². The fourth-order valence-electron chi connectivity index (χ4n) is 0.450. The number of pyridine rings is 1. The lowest BCUT2D eigenvalue weighted by atomic mass is 10.3. The van der Waals surface area contributed by atoms with Crippen LogP contribution < -0.4 is 5.73 Å². The van der Waals surface area contributed by atoms with Crippen molar-refractivity contribution in [1.29, 1.82) is 0 Å². The molecular weight excluding hydrogens is 119 g/mol. The molecule has 3 heteroatoms. The average Bonchev–Trinajstić information content (AvgIpc) is 1.82. The summed E-state index contributed by atoms with van der Waals surface area (Å²) in [6.45, 7) is -2.54. The zero-order valence-corrected chi connectivity index (χ0v) is 4.56. The molecule has 1 aromatic rings. The van der Waals surface area contributed by atoms with Crippen LogP contribution in [0.4, 0.5) is 10.1 Å². The molecule has 0 fully saturated rings. The van der Waals surface area contributed by atoms with Gasteiger partial charge >= 0.3 is 0 Å². The Morgan fingerprint density at radius 1 is 1.89 bits per heavy atom. The minimum absolute atomic E-state index is 0.0949. The summed E-state index contributed by atoms with van der Waals surface area (Å²) in [4.78, 5) is 3.20. The van der Waals surface area contributed by atoms with Gasteiger partial charge in [-0.05, 0) is 12.9 Å². The smallest absolute Gasteiger partial charge is 0.217 e. The molecule has 0 aliphatic rings. The Bertz CT molecular complexity index is 277. The molecule has 0 saturated carbocycles. The lowest BCUT2D eigenvalue weighted by Crippen LogP contribution is -1.94. The summed E-state index contributed by atoms with van der Waals surface area (Å²) in [5.41, 5.74) is 4.66. The molecule has 0 saturated heterocycles. The Morgan fingerprint density at radius 2 is 2.67 bits per heavy atom. The average molecular weight is 129 g/mol. The van der Waals surface area contributed by atoms with E-state index < -0.39 is 18.4 Å². The van der Waals surface area contributed by atoms with Gasteiger partial charge in [-0.3, -0.25) is 0 Å². The van der Waals surface area contributed by atoms with Crippen molar-refractivity contribution in [2.45, 2.75) is 6.85 Å². The van der Waals surface area contributed by atoms with Gasteiger partial charge in [-0.1, -0.05) is 0 Å². The topological polar surface area (TPSA) is 38.9 Å². The molecule has 0 unspecified atom stereocenters. The molecule has 0 bridgehead atoms. The second kappa shape index (κ2) is 2.01. The highest BCUT2D eigenvalue weighted by Crippen LogP contribution is 2.09. The number of hydrogen-bond donors (Lipinski definition) is 1. The van der Waals surface area contributed by atoms with Gasteiger partial charge in [0.05, 0.1) is 0 Å². The van der Waals surface area contributed by atoms with E-state index in [4.69, 9.17) is 9.85 Å². The quantitative estimate of drug-likeness (QED) is 0.533. The van der Waals surface area contributed by atoms with Crippen LogP contribution in [0.15, 0.2) is 12.3 Å². The van der Waals surface area contributed by atoms with Crippen LogP contribution in [0.2, 0.25) is 0 Å². The Labute approximate surface area is 56.7 Å². The Hall–Kier alpha value is -1.12. The van der Waals surface area contributed by atoms with E-state index in [9.17, 15) is 4.39 Å². The molecule has 0 aliphatic heterocycles. The van der Waals surface area contributed by atoms with Crippen LogP contribution in [0.3, 0.4) is 0 Å². The van der Waals surface area contributed by atoms with Gasteiger partial charge in [-0.25, -0.2) is 4.98 Å². The van der Waals surface area contributed by atoms with Crippen LogP contribution in [0, 0.1) is 12.8 Å². The molecule has 2 nitrogen and oxygen atoms in total. The van der Waals surface area contributed by atoms with Gasteiger partial charge in [0.25, 0.3) is 0 Å². The van der Waals surface area contributed by atoms with Gasteiger partial charge in [0.15, 0.2) is 0 Å². The lowest BCUT2D eigenvalue weighted by Gasteiger charge is -1.96. The number of nitrogens with two attached hydrogens (primary N) is 1. The van der Waals surface area contributed by atoms with Crippen molar-refractivity contribution in [3.8, 4) is 0 Å². The first kappa shape index (κ1) is 3.15. The van der Waals surface area contributed by atoms with E-state index >= 15 is 0 Å². The first-order valence-corrected chi connectivity index (χ1v) is 2.33. The summed E-state index contributed by atoms with van der Waals surface area (Å²) in [7, 11) is 0. The van der Waals surface area contributed by atoms with Crippen LogP contribution in [0.25, 0.3) is 0 Å². The molecule has 0 radical (unpaired) electrons. The minimum atomic E-state index is -2.54. The number of nitrogen functional groups attached to an aromatic ring is 1. The Morgan fingerprint density at radius 3 is 3.11 bits per heavy atom. The van der Waals surface area contributed by atoms with Gasteiger partial charge < -0.3 is 5.73 Å². The molecule has 0 aromatic carbocycles. The van der Waals surface area contributed by atoms with Gasteiger partial charge in [0.1, 0.15) is 0 Å². The summed E-state index contributed by atoms with van der Waals surface area (Å²) in [5, 5.41) is 0. The predicted molar refractivity (Wildman–Crippen MR) is 33.3 cm³/mol. The number of nitrogens with zero attached hydrogens (tertiary/aromatic N) is 1. The number of hydrogen-bond acceptors (Lipinski definition) is 2. The Balaban J connectivity index is 3.31. The highest BCUT2D eigenvalue weighted by Gasteiger charge is 1.98. The van der Waals surface area contributed by atoms with E-state index in [1.165, 1.54) is 6.07 Å². The molecule has 2 N–H and O–H groups in total. The van der Waals surface area contributed by atoms with Crippen molar-refractivity contribution in [1.82, 2.24) is 4.98 Å². The maximum atomic E-state index is 12.8. The van der Waals surface area contributed by atoms with Gasteiger partial charge in [0.2, 0.25) is 5.95 Å². The van der Waals surface area contributed by atoms with Crippen molar-refractivity contribution in [2.75, 3.05) is 5.73 Å². The van der Waals surface area contributed by atoms with Crippen molar-refractivity contribution in [3.63, 3.8) is 0 Å². The second-order valence-corrected chi connectivity index (χ2v) is 1.57. The minimum Gasteiger partial charge on any atom is -0.398 e. The molecule has 48 valence electrons. The van der Waals surface area contributed by atoms with E-state index in [0.717, 1.165) is 6.20 Å². The normalized spacial score (nSPS) is 15.9. The zero-order valence-electron chi connectivity index (χ0n) is 7.56. The summed E-state index contributed by atoms with van der Waals surface area (Å²) in [5.74, 6) is -1.03. The number of halogens is 1. The summed E-state index contributed by atoms with van der Waals surface area (Å²) in [6, 6.07) is 1.25. The van der Waals surface area contributed by atoms with Gasteiger partial charge in [-0.15, -0.1) is 0 Å². The molecule has 0 atom stereocenters. The van der Waals surface area contributed by atoms with Crippen molar-refractivity contribution >= 4 is 5.69 Å². The summed E-state index contributed by atoms with van der Waals surface area (Å²) >= 11 is 0. The van der Waals surface area contributed by atoms with Crippen molar-refractivity contribution in [2.24, 2.45) is 0 Å². The summed E-state index contributed by atoms with van der Waals surface area (Å²) < 4.78 is 33.6. The molecular formula is C6H7FN2. The third-order valence-electron chi connectivity index (χ3n) is 0.937. The maximum absolute atomic E-state index is 12.8. The number of aromatic nitrogens is 1. The van der Waals surface area contributed by atoms with E-state index in [2.05, 4.69) is 4.98 Å². The SMILES string of the molecule is [2H]C([2H])([2H])c1c(N)ccnc1F. The molecule has 0 spiro atoms. The Kier molecular flexibility index (Phi) is 0.704. The fraction of sp³-hybridized carbons (Fsp3) is 0.167. The standard InChI is InChI=1S/C6H7FN2/c1-4-5(8)2-3-9-6(4)7/h2-3H,1H3,(H2,8,9)/i1D3. The van der Waals surface area contributed by atoms with Gasteiger partial charge in [0, 0.05) is 21.6 Å². The first-order valence-electron chi connectivity index (χ1n) is 3.83. The second-order valence-electron chi connectivity index (χ2n) is 1.57. The van der Waals surface area contributed by atoms with Crippen LogP contribution in [0.5, 0.6) is 0 Å². The molecule has 1 heterocycles. The third-order valence-corrected chi connectivity index (χ3v) is 0.937. The maximum Gasteiger partial charge on any atom is 0.217 e. The van der Waals surface area contributed by atoms with E-state index in [-0.39, 0.29) is 5.69 Å². The number of anilines is 1. The highest BCUT2D eigenvalue weighted by molar-refractivity contribution is 5.43. The monoisotopic (exact) mass is 129 g/mol. The molecule has 0 amide bonds. The van der Waals surface area contributed by atoms with Crippen LogP contribution in [-0.2, 0) is 0 Å². The van der Waals surface area contributed by atoms with E-state index in [0.29, 0.717) is 0 Å². The highest BCUT2D eigenvalue weighted by atomic mass is 19.1. The predicted octanol–water partition coefficient (Wildman–Crippen LogP) is 1.11. The molecule has 9 heavy (non-hydrogen) atoms. The molecule has 0 aliphatic carbocycles. The zero-order chi connectivity index (χ0) is 9.35. The third kappa shape index (κ3) is 0.988. The van der Waals surface area contributed by atoms with Crippen LogP contribution in [-0.4, -0.2) is 4.98 Å². The van der Waals surface area contributed by atoms with Crippen molar-refractivity contribution < 1.29 is 8.50 Å². The lowest BCUT2D eigenvalue weighted by molar-refractivity contribution is 0.575. The van der Waals surface area contributed by atoms with E-state index in [1.54, 1.807) is 0 Å². The van der Waals surface area contributed by atoms with Crippen LogP contribution >= 0.6 is 0 Å². The van der Waals surface area contributed by atoms with Crippen molar-refractivity contribution in [3.05, 3.63) is 23.8 Å². The van der Waals surface area contributed by atoms with E-state index in [1.807, 2.05) is 0 Å². The molecule has 1 aromatic heterocycles. The largest absolute Gasteiger partial charge is 0.398 e. The van der Waals surface area contributed by atoms with Gasteiger partial charge in [-0.2, -0.15) is 4.39 Å².